The first kappa shape index (κ1) is 17.8. The second-order valence-electron chi connectivity index (χ2n) is 6.40. The van der Waals surface area contributed by atoms with Crippen LogP contribution in [0, 0.1) is 0 Å². The highest BCUT2D eigenvalue weighted by Crippen LogP contribution is 2.25. The van der Waals surface area contributed by atoms with Gasteiger partial charge in [-0.1, -0.05) is 23.7 Å². The number of hydrogen-bond donors (Lipinski definition) is 1. The highest BCUT2D eigenvalue weighted by molar-refractivity contribution is 7.12. The molecule has 0 bridgehead atoms. The maximum absolute atomic E-state index is 12.6. The van der Waals surface area contributed by atoms with Crippen molar-refractivity contribution in [3.63, 3.8) is 0 Å². The van der Waals surface area contributed by atoms with Crippen LogP contribution in [-0.2, 0) is 13.0 Å². The van der Waals surface area contributed by atoms with Crippen LogP contribution in [0.15, 0.2) is 60.0 Å². The van der Waals surface area contributed by atoms with Crippen LogP contribution in [-0.4, -0.2) is 23.3 Å². The topological polar surface area (TPSA) is 49.4 Å². The third kappa shape index (κ3) is 3.89. The van der Waals surface area contributed by atoms with E-state index in [0.717, 1.165) is 22.5 Å². The van der Waals surface area contributed by atoms with E-state index in [2.05, 4.69) is 5.32 Å². The molecule has 1 aromatic heterocycles. The number of hydrogen-bond acceptors (Lipinski definition) is 3. The normalized spacial score (nSPS) is 13.1. The molecule has 0 saturated heterocycles. The largest absolute Gasteiger partial charge is 0.333 e. The summed E-state index contributed by atoms with van der Waals surface area (Å²) in [6.07, 6.45) is 0.817. The lowest BCUT2D eigenvalue weighted by atomic mass is 9.98. The lowest BCUT2D eigenvalue weighted by Gasteiger charge is -2.29. The second kappa shape index (κ2) is 7.55. The Kier molecular flexibility index (Phi) is 4.97. The predicted octanol–water partition coefficient (Wildman–Crippen LogP) is 4.85. The molecule has 0 aliphatic carbocycles. The Bertz CT molecular complexity index is 984. The van der Waals surface area contributed by atoms with E-state index in [4.69, 9.17) is 11.6 Å². The quantitative estimate of drug-likeness (QED) is 0.687. The van der Waals surface area contributed by atoms with Gasteiger partial charge in [-0.2, -0.15) is 0 Å². The fourth-order valence-electron chi connectivity index (χ4n) is 3.17. The molecule has 2 heterocycles. The summed E-state index contributed by atoms with van der Waals surface area (Å²) in [7, 11) is 0. The molecule has 2 amide bonds. The zero-order valence-electron chi connectivity index (χ0n) is 14.4. The number of carbonyl (C=O) groups excluding carboxylic acids is 2. The van der Waals surface area contributed by atoms with E-state index in [1.165, 1.54) is 16.9 Å². The van der Waals surface area contributed by atoms with Crippen molar-refractivity contribution in [2.75, 3.05) is 11.9 Å². The molecule has 4 rings (SSSR count). The molecule has 2 aromatic carbocycles. The summed E-state index contributed by atoms with van der Waals surface area (Å²) in [4.78, 5) is 27.6. The number of amides is 2. The van der Waals surface area contributed by atoms with Crippen LogP contribution in [0.25, 0.3) is 0 Å². The van der Waals surface area contributed by atoms with Gasteiger partial charge in [-0.05, 0) is 65.4 Å². The van der Waals surface area contributed by atoms with E-state index < -0.39 is 0 Å². The monoisotopic (exact) mass is 396 g/mol. The average Bonchev–Trinajstić information content (AvgIpc) is 3.22. The smallest absolute Gasteiger partial charge is 0.264 e. The standard InChI is InChI=1S/C21H17ClN2O2S/c22-17-6-3-15(4-7-17)20(25)23-18-8-5-14-9-10-24(13-16(14)12-18)21(26)19-2-1-11-27-19/h1-8,11-12H,9-10,13H2,(H,23,25). The Labute approximate surface area is 166 Å². The lowest BCUT2D eigenvalue weighted by Crippen LogP contribution is -2.35. The molecule has 3 aromatic rings. The van der Waals surface area contributed by atoms with Crippen LogP contribution < -0.4 is 5.32 Å². The van der Waals surface area contributed by atoms with Gasteiger partial charge in [0, 0.05) is 29.4 Å². The Balaban J connectivity index is 1.50. The first-order chi connectivity index (χ1) is 13.1. The number of anilines is 1. The number of thiophene rings is 1. The number of fused-ring (bicyclic) bond motifs is 1. The third-order valence-corrected chi connectivity index (χ3v) is 5.71. The molecule has 1 aliphatic heterocycles. The minimum atomic E-state index is -0.186. The van der Waals surface area contributed by atoms with Gasteiger partial charge in [0.05, 0.1) is 4.88 Å². The highest BCUT2D eigenvalue weighted by atomic mass is 35.5. The first-order valence-corrected chi connectivity index (χ1v) is 9.87. The molecule has 1 aliphatic rings. The van der Waals surface area contributed by atoms with Gasteiger partial charge in [-0.15, -0.1) is 11.3 Å². The average molecular weight is 397 g/mol. The van der Waals surface area contributed by atoms with Crippen molar-refractivity contribution in [3.05, 3.63) is 86.6 Å². The number of halogens is 1. The van der Waals surface area contributed by atoms with Gasteiger partial charge in [0.2, 0.25) is 0 Å². The summed E-state index contributed by atoms with van der Waals surface area (Å²) in [5.74, 6) is -0.125. The molecule has 6 heteroatoms. The van der Waals surface area contributed by atoms with Gasteiger partial charge in [-0.3, -0.25) is 9.59 Å². The molecule has 0 saturated carbocycles. The zero-order chi connectivity index (χ0) is 18.8. The minimum absolute atomic E-state index is 0.0613. The highest BCUT2D eigenvalue weighted by Gasteiger charge is 2.22. The van der Waals surface area contributed by atoms with Gasteiger partial charge in [0.15, 0.2) is 0 Å². The number of benzene rings is 2. The molecular formula is C21H17ClN2O2S. The molecule has 4 nitrogen and oxygen atoms in total. The summed E-state index contributed by atoms with van der Waals surface area (Å²) >= 11 is 7.33. The van der Waals surface area contributed by atoms with Crippen molar-refractivity contribution in [3.8, 4) is 0 Å². The Hall–Kier alpha value is -2.63. The first-order valence-electron chi connectivity index (χ1n) is 8.61. The number of rotatable bonds is 3. The van der Waals surface area contributed by atoms with E-state index in [-0.39, 0.29) is 11.8 Å². The molecule has 27 heavy (non-hydrogen) atoms. The maximum Gasteiger partial charge on any atom is 0.264 e. The number of nitrogens with zero attached hydrogens (tertiary/aromatic N) is 1. The summed E-state index contributed by atoms with van der Waals surface area (Å²) in [5, 5.41) is 5.42. The fourth-order valence-corrected chi connectivity index (χ4v) is 3.99. The maximum atomic E-state index is 12.6. The van der Waals surface area contributed by atoms with Gasteiger partial charge in [0.25, 0.3) is 11.8 Å². The zero-order valence-corrected chi connectivity index (χ0v) is 16.0. The van der Waals surface area contributed by atoms with Crippen LogP contribution >= 0.6 is 22.9 Å². The van der Waals surface area contributed by atoms with E-state index in [1.807, 2.05) is 40.6 Å². The predicted molar refractivity (Wildman–Crippen MR) is 109 cm³/mol. The van der Waals surface area contributed by atoms with Crippen LogP contribution in [0.2, 0.25) is 5.02 Å². The van der Waals surface area contributed by atoms with Gasteiger partial charge in [0.1, 0.15) is 0 Å². The van der Waals surface area contributed by atoms with E-state index in [1.54, 1.807) is 24.3 Å². The van der Waals surface area contributed by atoms with Gasteiger partial charge < -0.3 is 10.2 Å². The van der Waals surface area contributed by atoms with Crippen LogP contribution in [0.4, 0.5) is 5.69 Å². The van der Waals surface area contributed by atoms with E-state index in [9.17, 15) is 9.59 Å². The molecule has 0 spiro atoms. The van der Waals surface area contributed by atoms with Gasteiger partial charge in [-0.25, -0.2) is 0 Å². The molecule has 0 atom stereocenters. The van der Waals surface area contributed by atoms with Crippen molar-refractivity contribution in [1.29, 1.82) is 0 Å². The summed E-state index contributed by atoms with van der Waals surface area (Å²) in [5.41, 5.74) is 3.56. The van der Waals surface area contributed by atoms with Gasteiger partial charge >= 0.3 is 0 Å². The summed E-state index contributed by atoms with van der Waals surface area (Å²) in [6.45, 7) is 1.26. The minimum Gasteiger partial charge on any atom is -0.333 e. The lowest BCUT2D eigenvalue weighted by molar-refractivity contribution is 0.0739. The second-order valence-corrected chi connectivity index (χ2v) is 7.78. The van der Waals surface area contributed by atoms with Crippen molar-refractivity contribution in [1.82, 2.24) is 4.90 Å². The van der Waals surface area contributed by atoms with Crippen molar-refractivity contribution in [2.24, 2.45) is 0 Å². The fraction of sp³-hybridized carbons (Fsp3) is 0.143. The van der Waals surface area contributed by atoms with Crippen molar-refractivity contribution in [2.45, 2.75) is 13.0 Å². The number of nitrogens with one attached hydrogen (secondary N) is 1. The SMILES string of the molecule is O=C(Nc1ccc2c(c1)CN(C(=O)c1cccs1)CC2)c1ccc(Cl)cc1. The molecule has 136 valence electrons. The number of carbonyl (C=O) groups is 2. The van der Waals surface area contributed by atoms with Crippen molar-refractivity contribution >= 4 is 40.4 Å². The Morgan fingerprint density at radius 2 is 1.85 bits per heavy atom. The summed E-state index contributed by atoms with van der Waals surface area (Å²) in [6, 6.07) is 16.4. The Morgan fingerprint density at radius 1 is 1.04 bits per heavy atom. The molecule has 0 unspecified atom stereocenters. The van der Waals surface area contributed by atoms with Crippen LogP contribution in [0.3, 0.4) is 0 Å². The molecule has 0 fully saturated rings. The molecule has 0 radical (unpaired) electrons. The van der Waals surface area contributed by atoms with Crippen molar-refractivity contribution < 1.29 is 9.59 Å². The Morgan fingerprint density at radius 3 is 2.59 bits per heavy atom. The summed E-state index contributed by atoms with van der Waals surface area (Å²) < 4.78 is 0. The third-order valence-electron chi connectivity index (χ3n) is 4.60. The van der Waals surface area contributed by atoms with Crippen LogP contribution in [0.5, 0.6) is 0 Å². The van der Waals surface area contributed by atoms with E-state index in [0.29, 0.717) is 23.7 Å². The molecular weight excluding hydrogens is 380 g/mol. The van der Waals surface area contributed by atoms with Crippen LogP contribution in [0.1, 0.15) is 31.2 Å². The van der Waals surface area contributed by atoms with E-state index >= 15 is 0 Å². The molecule has 1 N–H and O–H groups in total.